The van der Waals surface area contributed by atoms with Gasteiger partial charge in [0.05, 0.1) is 17.3 Å². The molecule has 0 spiro atoms. The first-order valence-corrected chi connectivity index (χ1v) is 11.7. The topological polar surface area (TPSA) is 108 Å². The van der Waals surface area contributed by atoms with Gasteiger partial charge in [0.2, 0.25) is 0 Å². The van der Waals surface area contributed by atoms with Crippen molar-refractivity contribution in [2.75, 3.05) is 11.9 Å². The number of carbonyl (C=O) groups is 3. The van der Waals surface area contributed by atoms with Crippen molar-refractivity contribution in [3.8, 4) is 12.5 Å². The average molecular weight is 514 g/mol. The monoisotopic (exact) mass is 513 g/mol. The second-order valence-corrected chi connectivity index (χ2v) is 9.79. The number of anilines is 1. The molecule has 0 aliphatic heterocycles. The van der Waals surface area contributed by atoms with Gasteiger partial charge in [-0.2, -0.15) is 0 Å². The second kappa shape index (κ2) is 11.9. The molecule has 0 aliphatic carbocycles. The summed E-state index contributed by atoms with van der Waals surface area (Å²) in [4.78, 5) is 40.1. The third-order valence-corrected chi connectivity index (χ3v) is 5.69. The van der Waals surface area contributed by atoms with Crippen LogP contribution in [0.3, 0.4) is 0 Å². The van der Waals surface area contributed by atoms with Crippen LogP contribution in [0, 0.1) is 33.2 Å². The molecule has 9 heteroatoms. The van der Waals surface area contributed by atoms with E-state index >= 15 is 0 Å². The number of nitrogens with one attached hydrogen (secondary N) is 2. The maximum atomic E-state index is 13.6. The first kappa shape index (κ1) is 28.7. The van der Waals surface area contributed by atoms with Crippen LogP contribution in [0.4, 0.5) is 10.5 Å². The van der Waals surface area contributed by atoms with E-state index in [0.29, 0.717) is 21.8 Å². The number of alkyl carbamates (subject to hydrolysis) is 1. The van der Waals surface area contributed by atoms with Crippen LogP contribution in [-0.4, -0.2) is 46.2 Å². The van der Waals surface area contributed by atoms with Gasteiger partial charge >= 0.3 is 6.09 Å². The number of benzene rings is 2. The van der Waals surface area contributed by atoms with Crippen LogP contribution in [-0.2, 0) is 14.3 Å². The summed E-state index contributed by atoms with van der Waals surface area (Å²) in [7, 11) is 0. The molecule has 2 unspecified atom stereocenters. The molecule has 0 fully saturated rings. The summed E-state index contributed by atoms with van der Waals surface area (Å²) in [6.07, 6.45) is 4.81. The summed E-state index contributed by atoms with van der Waals surface area (Å²) in [5.74, 6) is -1.48. The van der Waals surface area contributed by atoms with Crippen molar-refractivity contribution in [1.82, 2.24) is 10.2 Å². The van der Waals surface area contributed by atoms with E-state index in [-0.39, 0.29) is 0 Å². The van der Waals surface area contributed by atoms with Crippen molar-refractivity contribution in [2.45, 2.75) is 59.2 Å². The largest absolute Gasteiger partial charge is 0.444 e. The molecule has 0 aliphatic rings. The van der Waals surface area contributed by atoms with Gasteiger partial charge in [-0.05, 0) is 69.9 Å². The molecule has 3 amide bonds. The van der Waals surface area contributed by atoms with Gasteiger partial charge in [0.25, 0.3) is 11.8 Å². The zero-order chi connectivity index (χ0) is 27.2. The van der Waals surface area contributed by atoms with Crippen LogP contribution < -0.4 is 10.6 Å². The van der Waals surface area contributed by atoms with E-state index in [1.54, 1.807) is 58.0 Å². The predicted molar refractivity (Wildman–Crippen MR) is 139 cm³/mol. The number of terminal acetylenes is 1. The van der Waals surface area contributed by atoms with Crippen LogP contribution in [0.5, 0.6) is 0 Å². The summed E-state index contributed by atoms with van der Waals surface area (Å²) in [6.45, 7) is 9.78. The Balaban J connectivity index is 2.49. The maximum absolute atomic E-state index is 13.6. The summed E-state index contributed by atoms with van der Waals surface area (Å²) in [5, 5.41) is 15.3. The van der Waals surface area contributed by atoms with Gasteiger partial charge in [0, 0.05) is 6.04 Å². The fourth-order valence-electron chi connectivity index (χ4n) is 3.40. The van der Waals surface area contributed by atoms with Crippen molar-refractivity contribution in [3.05, 3.63) is 63.7 Å². The van der Waals surface area contributed by atoms with Gasteiger partial charge < -0.3 is 20.5 Å². The lowest BCUT2D eigenvalue weighted by molar-refractivity contribution is -0.137. The molecule has 8 nitrogen and oxygen atoms in total. The zero-order valence-corrected chi connectivity index (χ0v) is 22.1. The zero-order valence-electron chi connectivity index (χ0n) is 21.3. The third kappa shape index (κ3) is 7.23. The van der Waals surface area contributed by atoms with E-state index in [1.807, 2.05) is 19.9 Å². The molecule has 192 valence electrons. The van der Waals surface area contributed by atoms with Crippen LogP contribution in [0.1, 0.15) is 49.1 Å². The number of carbonyl (C=O) groups excluding carboxylic acids is 3. The lowest BCUT2D eigenvalue weighted by Gasteiger charge is -2.30. The Bertz CT molecular complexity index is 1160. The number of nitrogens with zero attached hydrogens (tertiary/aromatic N) is 1. The number of aliphatic hydroxyl groups is 1. The molecular weight excluding hydrogens is 482 g/mol. The van der Waals surface area contributed by atoms with E-state index in [2.05, 4.69) is 16.7 Å². The van der Waals surface area contributed by atoms with Crippen LogP contribution in [0.15, 0.2) is 36.4 Å². The number of para-hydroxylation sites is 1. The molecule has 36 heavy (non-hydrogen) atoms. The minimum Gasteiger partial charge on any atom is -0.444 e. The lowest BCUT2D eigenvalue weighted by Crippen LogP contribution is -2.52. The van der Waals surface area contributed by atoms with Crippen molar-refractivity contribution in [2.24, 2.45) is 0 Å². The average Bonchev–Trinajstić information content (AvgIpc) is 2.78. The Kier molecular flexibility index (Phi) is 9.51. The van der Waals surface area contributed by atoms with Gasteiger partial charge in [-0.25, -0.2) is 4.79 Å². The van der Waals surface area contributed by atoms with E-state index in [1.165, 1.54) is 0 Å². The Morgan fingerprint density at radius 1 is 1.11 bits per heavy atom. The standard InChI is InChI=1S/C27H32ClN3O5/c1-8-31(25(34)21(15-32)29-26(35)36-27(5,6)7)23(19-13-12-16(2)18(4)14-19)24(33)30-22-17(3)10-9-11-20(22)28/h1,9-14,21,23,32H,15H2,2-7H3,(H,29,35)(H,30,33). The highest BCUT2D eigenvalue weighted by atomic mass is 35.5. The van der Waals surface area contributed by atoms with E-state index in [4.69, 9.17) is 22.8 Å². The number of hydrogen-bond donors (Lipinski definition) is 3. The van der Waals surface area contributed by atoms with Gasteiger partial charge in [-0.3, -0.25) is 14.5 Å². The fraction of sp³-hybridized carbons (Fsp3) is 0.370. The number of aryl methyl sites for hydroxylation is 3. The highest BCUT2D eigenvalue weighted by Gasteiger charge is 2.36. The summed E-state index contributed by atoms with van der Waals surface area (Å²) in [6, 6.07) is 9.95. The molecule has 2 rings (SSSR count). The summed E-state index contributed by atoms with van der Waals surface area (Å²) >= 11 is 6.30. The van der Waals surface area contributed by atoms with Gasteiger partial charge in [0.15, 0.2) is 0 Å². The molecule has 0 saturated carbocycles. The third-order valence-electron chi connectivity index (χ3n) is 5.37. The maximum Gasteiger partial charge on any atom is 0.408 e. The van der Waals surface area contributed by atoms with Gasteiger partial charge in [-0.1, -0.05) is 48.4 Å². The van der Waals surface area contributed by atoms with Crippen molar-refractivity contribution < 1.29 is 24.2 Å². The minimum absolute atomic E-state index is 0.320. The highest BCUT2D eigenvalue weighted by molar-refractivity contribution is 6.34. The number of halogens is 1. The molecule has 0 heterocycles. The number of aliphatic hydroxyl groups excluding tert-OH is 1. The van der Waals surface area contributed by atoms with Crippen LogP contribution >= 0.6 is 11.6 Å². The van der Waals surface area contributed by atoms with Crippen LogP contribution in [0.2, 0.25) is 5.02 Å². The molecule has 3 N–H and O–H groups in total. The molecule has 0 bridgehead atoms. The lowest BCUT2D eigenvalue weighted by atomic mass is 9.98. The SMILES string of the molecule is C#CN(C(=O)C(CO)NC(=O)OC(C)(C)C)C(C(=O)Nc1c(C)cccc1Cl)c1ccc(C)c(C)c1. The number of rotatable bonds is 7. The number of ether oxygens (including phenoxy) is 1. The van der Waals surface area contributed by atoms with Crippen LogP contribution in [0.25, 0.3) is 0 Å². The Morgan fingerprint density at radius 2 is 1.78 bits per heavy atom. The molecule has 2 atom stereocenters. The molecule has 0 radical (unpaired) electrons. The molecule has 0 aromatic heterocycles. The first-order chi connectivity index (χ1) is 16.8. The van der Waals surface area contributed by atoms with Crippen molar-refractivity contribution in [1.29, 1.82) is 0 Å². The fourth-order valence-corrected chi connectivity index (χ4v) is 3.67. The second-order valence-electron chi connectivity index (χ2n) is 9.39. The van der Waals surface area contributed by atoms with E-state index < -0.39 is 42.2 Å². The number of hydrogen-bond acceptors (Lipinski definition) is 5. The van der Waals surface area contributed by atoms with Gasteiger partial charge in [-0.15, -0.1) is 0 Å². The Labute approximate surface area is 217 Å². The summed E-state index contributed by atoms with van der Waals surface area (Å²) in [5.41, 5.74) is 2.59. The molecular formula is C27H32ClN3O5. The predicted octanol–water partition coefficient (Wildman–Crippen LogP) is 4.25. The first-order valence-electron chi connectivity index (χ1n) is 11.3. The normalized spacial score (nSPS) is 12.6. The summed E-state index contributed by atoms with van der Waals surface area (Å²) < 4.78 is 5.18. The van der Waals surface area contributed by atoms with Crippen molar-refractivity contribution >= 4 is 35.2 Å². The smallest absolute Gasteiger partial charge is 0.408 e. The minimum atomic E-state index is -1.44. The van der Waals surface area contributed by atoms with Crippen molar-refractivity contribution in [3.63, 3.8) is 0 Å². The van der Waals surface area contributed by atoms with Gasteiger partial charge in [0.1, 0.15) is 17.7 Å². The molecule has 2 aromatic rings. The van der Waals surface area contributed by atoms with E-state index in [0.717, 1.165) is 16.0 Å². The Hall–Kier alpha value is -3.54. The Morgan fingerprint density at radius 3 is 2.31 bits per heavy atom. The number of amides is 3. The highest BCUT2D eigenvalue weighted by Crippen LogP contribution is 2.29. The molecule has 2 aromatic carbocycles. The molecule has 0 saturated heterocycles. The van der Waals surface area contributed by atoms with E-state index in [9.17, 15) is 19.5 Å². The quantitative estimate of drug-likeness (QED) is 0.379.